The lowest BCUT2D eigenvalue weighted by Crippen LogP contribution is -1.94. The highest BCUT2D eigenvalue weighted by Gasteiger charge is 2.21. The van der Waals surface area contributed by atoms with E-state index in [-0.39, 0.29) is 0 Å². The molecule has 6 nitrogen and oxygen atoms in total. The Morgan fingerprint density at radius 3 is 2.76 bits per heavy atom. The van der Waals surface area contributed by atoms with E-state index in [9.17, 15) is 0 Å². The summed E-state index contributed by atoms with van der Waals surface area (Å²) in [5.74, 6) is 2.14. The minimum atomic E-state index is 0.572. The number of fused-ring (bicyclic) bond motifs is 1. The molecule has 3 heterocycles. The molecule has 4 aromatic rings. The number of hydrogen-bond donors (Lipinski definition) is 1. The SMILES string of the molecule is COc1cccc(-c2cnc3ccc(Nc4nnc(C5CCCC5)s4)nc3c2)c1. The average molecular weight is 404 g/mol. The molecule has 29 heavy (non-hydrogen) atoms. The van der Waals surface area contributed by atoms with Crippen LogP contribution >= 0.6 is 11.3 Å². The number of pyridine rings is 2. The summed E-state index contributed by atoms with van der Waals surface area (Å²) in [5, 5.41) is 13.9. The quantitative estimate of drug-likeness (QED) is 0.470. The first-order valence-corrected chi connectivity index (χ1v) is 10.6. The minimum Gasteiger partial charge on any atom is -0.497 e. The fraction of sp³-hybridized carbons (Fsp3) is 0.273. The normalized spacial score (nSPS) is 14.4. The maximum atomic E-state index is 5.33. The van der Waals surface area contributed by atoms with Crippen LogP contribution in [0, 0.1) is 0 Å². The van der Waals surface area contributed by atoms with Crippen LogP contribution in [0.1, 0.15) is 36.6 Å². The van der Waals surface area contributed by atoms with E-state index in [0.717, 1.165) is 43.9 Å². The molecule has 1 aliphatic rings. The minimum absolute atomic E-state index is 0.572. The van der Waals surface area contributed by atoms with Crippen molar-refractivity contribution in [2.75, 3.05) is 12.4 Å². The largest absolute Gasteiger partial charge is 0.497 e. The number of benzene rings is 1. The number of methoxy groups -OCH3 is 1. The third kappa shape index (κ3) is 3.78. The van der Waals surface area contributed by atoms with E-state index in [1.165, 1.54) is 25.7 Å². The van der Waals surface area contributed by atoms with Gasteiger partial charge in [-0.1, -0.05) is 36.3 Å². The van der Waals surface area contributed by atoms with Crippen LogP contribution < -0.4 is 10.1 Å². The van der Waals surface area contributed by atoms with Gasteiger partial charge in [-0.3, -0.25) is 4.98 Å². The van der Waals surface area contributed by atoms with Gasteiger partial charge in [-0.15, -0.1) is 10.2 Å². The molecular formula is C22H21N5OS. The topological polar surface area (TPSA) is 72.8 Å². The van der Waals surface area contributed by atoms with Crippen LogP contribution in [0.15, 0.2) is 48.7 Å². The number of nitrogens with zero attached hydrogens (tertiary/aromatic N) is 4. The Morgan fingerprint density at radius 1 is 1.00 bits per heavy atom. The van der Waals surface area contributed by atoms with E-state index in [1.54, 1.807) is 18.4 Å². The van der Waals surface area contributed by atoms with E-state index < -0.39 is 0 Å². The van der Waals surface area contributed by atoms with Crippen LogP contribution in [0.4, 0.5) is 10.9 Å². The molecule has 1 aromatic carbocycles. The lowest BCUT2D eigenvalue weighted by atomic mass is 10.1. The molecule has 146 valence electrons. The van der Waals surface area contributed by atoms with Gasteiger partial charge in [0.05, 0.1) is 18.1 Å². The summed E-state index contributed by atoms with van der Waals surface area (Å²) in [5.41, 5.74) is 3.73. The zero-order valence-electron chi connectivity index (χ0n) is 16.1. The monoisotopic (exact) mass is 403 g/mol. The molecule has 1 saturated carbocycles. The molecule has 0 bridgehead atoms. The van der Waals surface area contributed by atoms with E-state index in [1.807, 2.05) is 48.7 Å². The second kappa shape index (κ2) is 7.75. The lowest BCUT2D eigenvalue weighted by molar-refractivity contribution is 0.415. The number of hydrogen-bond acceptors (Lipinski definition) is 7. The highest BCUT2D eigenvalue weighted by molar-refractivity contribution is 7.15. The van der Waals surface area contributed by atoms with Crippen molar-refractivity contribution in [1.82, 2.24) is 20.2 Å². The standard InChI is InChI=1S/C22H21N5OS/c1-28-17-8-4-7-15(11-17)16-12-19-18(23-13-16)9-10-20(24-19)25-22-27-26-21(29-22)14-5-2-3-6-14/h4,7-14H,2-3,5-6H2,1H3,(H,24,25,27). The number of ether oxygens (including phenoxy) is 1. The van der Waals surface area contributed by atoms with Crippen LogP contribution in [0.5, 0.6) is 5.75 Å². The molecule has 0 saturated heterocycles. The highest BCUT2D eigenvalue weighted by atomic mass is 32.1. The second-order valence-corrected chi connectivity index (χ2v) is 8.25. The fourth-order valence-corrected chi connectivity index (χ4v) is 4.69. The molecular weight excluding hydrogens is 382 g/mol. The Labute approximate surface area is 173 Å². The van der Waals surface area contributed by atoms with Crippen LogP contribution in [0.2, 0.25) is 0 Å². The summed E-state index contributed by atoms with van der Waals surface area (Å²) in [6.45, 7) is 0. The van der Waals surface area contributed by atoms with Crippen LogP contribution in [-0.4, -0.2) is 27.3 Å². The van der Waals surface area contributed by atoms with Gasteiger partial charge in [0.25, 0.3) is 0 Å². The molecule has 0 amide bonds. The molecule has 0 aliphatic heterocycles. The highest BCUT2D eigenvalue weighted by Crippen LogP contribution is 2.37. The van der Waals surface area contributed by atoms with Crippen molar-refractivity contribution in [3.63, 3.8) is 0 Å². The Kier molecular flexibility index (Phi) is 4.81. The summed E-state index contributed by atoms with van der Waals surface area (Å²) in [4.78, 5) is 9.30. The second-order valence-electron chi connectivity index (χ2n) is 7.24. The zero-order chi connectivity index (χ0) is 19.6. The number of anilines is 2. The number of aromatic nitrogens is 4. The predicted octanol–water partition coefficient (Wildman–Crippen LogP) is 5.56. The van der Waals surface area contributed by atoms with Crippen molar-refractivity contribution in [3.8, 4) is 16.9 Å². The summed E-state index contributed by atoms with van der Waals surface area (Å²) >= 11 is 1.63. The van der Waals surface area contributed by atoms with Crippen LogP contribution in [-0.2, 0) is 0 Å². The van der Waals surface area contributed by atoms with Gasteiger partial charge < -0.3 is 10.1 Å². The maximum absolute atomic E-state index is 5.33. The third-order valence-corrected chi connectivity index (χ3v) is 6.32. The maximum Gasteiger partial charge on any atom is 0.211 e. The molecule has 0 unspecified atom stereocenters. The predicted molar refractivity (Wildman–Crippen MR) is 116 cm³/mol. The van der Waals surface area contributed by atoms with E-state index in [4.69, 9.17) is 9.72 Å². The van der Waals surface area contributed by atoms with Crippen molar-refractivity contribution in [1.29, 1.82) is 0 Å². The van der Waals surface area contributed by atoms with Gasteiger partial charge in [0.2, 0.25) is 5.13 Å². The van der Waals surface area contributed by atoms with E-state index >= 15 is 0 Å². The fourth-order valence-electron chi connectivity index (χ4n) is 3.77. The summed E-state index contributed by atoms with van der Waals surface area (Å²) in [6.07, 6.45) is 6.90. The molecule has 1 N–H and O–H groups in total. The smallest absolute Gasteiger partial charge is 0.211 e. The van der Waals surface area contributed by atoms with Crippen molar-refractivity contribution in [3.05, 3.63) is 53.7 Å². The van der Waals surface area contributed by atoms with E-state index in [2.05, 4.69) is 20.5 Å². The Bertz CT molecular complexity index is 1150. The molecule has 5 rings (SSSR count). The van der Waals surface area contributed by atoms with E-state index in [0.29, 0.717) is 5.92 Å². The van der Waals surface area contributed by atoms with Gasteiger partial charge in [0.15, 0.2) is 0 Å². The zero-order valence-corrected chi connectivity index (χ0v) is 16.9. The van der Waals surface area contributed by atoms with Gasteiger partial charge in [-0.25, -0.2) is 4.98 Å². The molecule has 3 aromatic heterocycles. The Morgan fingerprint density at radius 2 is 1.90 bits per heavy atom. The Balaban J connectivity index is 1.41. The Hall–Kier alpha value is -3.06. The third-order valence-electron chi connectivity index (χ3n) is 5.32. The summed E-state index contributed by atoms with van der Waals surface area (Å²) < 4.78 is 5.33. The van der Waals surface area contributed by atoms with Crippen molar-refractivity contribution in [2.45, 2.75) is 31.6 Å². The van der Waals surface area contributed by atoms with Crippen LogP contribution in [0.3, 0.4) is 0 Å². The molecule has 1 aliphatic carbocycles. The van der Waals surface area contributed by atoms with Crippen molar-refractivity contribution < 1.29 is 4.74 Å². The molecule has 0 atom stereocenters. The van der Waals surface area contributed by atoms with Gasteiger partial charge in [0, 0.05) is 17.7 Å². The first-order chi connectivity index (χ1) is 14.3. The van der Waals surface area contributed by atoms with Gasteiger partial charge in [-0.2, -0.15) is 0 Å². The molecule has 1 fully saturated rings. The van der Waals surface area contributed by atoms with Gasteiger partial charge >= 0.3 is 0 Å². The van der Waals surface area contributed by atoms with Crippen molar-refractivity contribution in [2.24, 2.45) is 0 Å². The lowest BCUT2D eigenvalue weighted by Gasteiger charge is -2.07. The number of rotatable bonds is 5. The van der Waals surface area contributed by atoms with Crippen molar-refractivity contribution >= 4 is 33.3 Å². The average Bonchev–Trinajstić information content (AvgIpc) is 3.45. The molecule has 0 spiro atoms. The first kappa shape index (κ1) is 18.0. The van der Waals surface area contributed by atoms with Crippen LogP contribution in [0.25, 0.3) is 22.2 Å². The molecule has 7 heteroatoms. The number of nitrogens with one attached hydrogen (secondary N) is 1. The summed E-state index contributed by atoms with van der Waals surface area (Å²) in [7, 11) is 1.67. The van der Waals surface area contributed by atoms with Gasteiger partial charge in [0.1, 0.15) is 16.6 Å². The summed E-state index contributed by atoms with van der Waals surface area (Å²) in [6, 6.07) is 13.9. The first-order valence-electron chi connectivity index (χ1n) is 9.80. The van der Waals surface area contributed by atoms with Gasteiger partial charge in [-0.05, 0) is 48.7 Å². The molecule has 0 radical (unpaired) electrons.